The van der Waals surface area contributed by atoms with Gasteiger partial charge in [-0.2, -0.15) is 13.2 Å². The van der Waals surface area contributed by atoms with Gasteiger partial charge < -0.3 is 15.8 Å². The second-order valence-corrected chi connectivity index (χ2v) is 5.54. The summed E-state index contributed by atoms with van der Waals surface area (Å²) in [6.07, 6.45) is -3.02. The zero-order valence-electron chi connectivity index (χ0n) is 12.6. The Morgan fingerprint density at radius 3 is 2.83 bits per heavy atom. The molecule has 2 aromatic rings. The van der Waals surface area contributed by atoms with E-state index >= 15 is 0 Å². The monoisotopic (exact) mass is 343 g/mol. The van der Waals surface area contributed by atoms with Crippen LogP contribution in [0.5, 0.6) is 0 Å². The van der Waals surface area contributed by atoms with Crippen LogP contribution in [0.25, 0.3) is 5.65 Å². The fourth-order valence-corrected chi connectivity index (χ4v) is 2.58. The number of nitrogens with zero attached hydrogens (tertiary/aromatic N) is 3. The molecule has 2 aromatic heterocycles. The third-order valence-electron chi connectivity index (χ3n) is 3.88. The molecule has 0 aromatic carbocycles. The first-order valence-corrected chi connectivity index (χ1v) is 7.42. The molecule has 2 atom stereocenters. The van der Waals surface area contributed by atoms with Crippen LogP contribution in [-0.2, 0) is 22.3 Å². The Morgan fingerprint density at radius 1 is 1.38 bits per heavy atom. The van der Waals surface area contributed by atoms with Crippen molar-refractivity contribution >= 4 is 11.6 Å². The third kappa shape index (κ3) is 3.34. The van der Waals surface area contributed by atoms with Gasteiger partial charge in [0.05, 0.1) is 18.2 Å². The number of carbonyl (C=O) groups is 1. The number of halogens is 3. The number of aromatic nitrogens is 3. The van der Waals surface area contributed by atoms with Crippen LogP contribution in [0, 0.1) is 0 Å². The van der Waals surface area contributed by atoms with Crippen molar-refractivity contribution in [2.75, 3.05) is 6.54 Å². The number of rotatable bonds is 4. The molecule has 130 valence electrons. The van der Waals surface area contributed by atoms with E-state index in [9.17, 15) is 18.0 Å². The topological polar surface area (TPSA) is 94.5 Å². The molecule has 7 nitrogen and oxygen atoms in total. The summed E-state index contributed by atoms with van der Waals surface area (Å²) in [6, 6.07) is 2.17. The number of nitrogens with two attached hydrogens (primary N) is 1. The highest BCUT2D eigenvalue weighted by Gasteiger charge is 2.32. The molecular formula is C14H16F3N5O2. The van der Waals surface area contributed by atoms with Crippen LogP contribution in [0.15, 0.2) is 18.3 Å². The fraction of sp³-hybridized carbons (Fsp3) is 0.500. The number of fused-ring (bicyclic) bond motifs is 1. The summed E-state index contributed by atoms with van der Waals surface area (Å²) in [5.41, 5.74) is 4.95. The smallest absolute Gasteiger partial charge is 0.364 e. The molecule has 0 bridgehead atoms. The molecule has 1 amide bonds. The van der Waals surface area contributed by atoms with Gasteiger partial charge in [0.15, 0.2) is 11.5 Å². The minimum absolute atomic E-state index is 0.0472. The van der Waals surface area contributed by atoms with Gasteiger partial charge in [-0.05, 0) is 25.0 Å². The Kier molecular flexibility index (Phi) is 4.41. The van der Waals surface area contributed by atoms with Gasteiger partial charge in [0, 0.05) is 12.7 Å². The van der Waals surface area contributed by atoms with Crippen LogP contribution in [0.4, 0.5) is 13.2 Å². The summed E-state index contributed by atoms with van der Waals surface area (Å²) in [6.45, 7) is 0.299. The van der Waals surface area contributed by atoms with E-state index < -0.39 is 17.8 Å². The molecule has 1 aliphatic heterocycles. The van der Waals surface area contributed by atoms with Crippen molar-refractivity contribution in [2.24, 2.45) is 5.73 Å². The van der Waals surface area contributed by atoms with Crippen LogP contribution in [0.2, 0.25) is 0 Å². The van der Waals surface area contributed by atoms with Crippen LogP contribution in [0.3, 0.4) is 0 Å². The van der Waals surface area contributed by atoms with Crippen molar-refractivity contribution in [2.45, 2.75) is 37.8 Å². The summed E-state index contributed by atoms with van der Waals surface area (Å²) in [7, 11) is 0. The Hall–Kier alpha value is -2.20. The second kappa shape index (κ2) is 6.36. The lowest BCUT2D eigenvalue weighted by Gasteiger charge is -2.12. The zero-order chi connectivity index (χ0) is 17.3. The molecule has 1 saturated heterocycles. The van der Waals surface area contributed by atoms with E-state index in [0.717, 1.165) is 12.3 Å². The van der Waals surface area contributed by atoms with Gasteiger partial charge >= 0.3 is 6.18 Å². The van der Waals surface area contributed by atoms with Gasteiger partial charge in [-0.3, -0.25) is 9.20 Å². The molecule has 3 N–H and O–H groups in total. The van der Waals surface area contributed by atoms with Crippen molar-refractivity contribution in [1.29, 1.82) is 0 Å². The largest absolute Gasteiger partial charge is 0.417 e. The van der Waals surface area contributed by atoms with Crippen LogP contribution in [0.1, 0.15) is 24.2 Å². The molecule has 0 aliphatic carbocycles. The summed E-state index contributed by atoms with van der Waals surface area (Å²) >= 11 is 0. The lowest BCUT2D eigenvalue weighted by Crippen LogP contribution is -2.35. The number of carbonyl (C=O) groups excluding carboxylic acids is 1. The zero-order valence-corrected chi connectivity index (χ0v) is 12.6. The number of hydrogen-bond acceptors (Lipinski definition) is 5. The summed E-state index contributed by atoms with van der Waals surface area (Å²) in [4.78, 5) is 12.0. The minimum atomic E-state index is -4.46. The molecule has 10 heteroatoms. The van der Waals surface area contributed by atoms with E-state index in [0.29, 0.717) is 19.4 Å². The van der Waals surface area contributed by atoms with Crippen LogP contribution < -0.4 is 11.1 Å². The molecule has 0 spiro atoms. The molecule has 0 radical (unpaired) electrons. The molecule has 0 unspecified atom stereocenters. The Labute approximate surface area is 135 Å². The summed E-state index contributed by atoms with van der Waals surface area (Å²) < 4.78 is 45.0. The average Bonchev–Trinajstić information content (AvgIpc) is 3.18. The lowest BCUT2D eigenvalue weighted by molar-refractivity contribution is -0.138. The third-order valence-corrected chi connectivity index (χ3v) is 3.88. The summed E-state index contributed by atoms with van der Waals surface area (Å²) in [5.74, 6) is -0.132. The number of pyridine rings is 1. The lowest BCUT2D eigenvalue weighted by atomic mass is 10.2. The van der Waals surface area contributed by atoms with E-state index in [1.807, 2.05) is 0 Å². The minimum Gasteiger partial charge on any atom is -0.364 e. The highest BCUT2D eigenvalue weighted by atomic mass is 19.4. The highest BCUT2D eigenvalue weighted by Crippen LogP contribution is 2.29. The van der Waals surface area contributed by atoms with Gasteiger partial charge in [-0.15, -0.1) is 10.2 Å². The second-order valence-electron chi connectivity index (χ2n) is 5.54. The predicted molar refractivity (Wildman–Crippen MR) is 76.8 cm³/mol. The molecule has 1 fully saturated rings. The quantitative estimate of drug-likeness (QED) is 0.859. The number of hydrogen-bond donors (Lipinski definition) is 2. The SMILES string of the molecule is NC[C@H]1CC[C@@H](C(=O)NCc2nnc3ccc(C(F)(F)F)cn23)O1. The van der Waals surface area contributed by atoms with E-state index in [-0.39, 0.29) is 30.0 Å². The highest BCUT2D eigenvalue weighted by molar-refractivity contribution is 5.80. The van der Waals surface area contributed by atoms with Gasteiger partial charge in [0.25, 0.3) is 0 Å². The molecule has 0 saturated carbocycles. The van der Waals surface area contributed by atoms with E-state index in [1.54, 1.807) is 0 Å². The number of amides is 1. The maximum atomic E-state index is 12.8. The molecular weight excluding hydrogens is 327 g/mol. The van der Waals surface area contributed by atoms with Crippen LogP contribution in [-0.4, -0.2) is 39.3 Å². The first kappa shape index (κ1) is 16.7. The van der Waals surface area contributed by atoms with E-state index in [2.05, 4.69) is 15.5 Å². The fourth-order valence-electron chi connectivity index (χ4n) is 2.58. The van der Waals surface area contributed by atoms with Gasteiger partial charge in [0.1, 0.15) is 6.10 Å². The standard InChI is InChI=1S/C14H16F3N5O2/c15-14(16,17)8-1-4-11-20-21-12(22(11)7-8)6-19-13(23)10-3-2-9(5-18)24-10/h1,4,7,9-10H,2-3,5-6,18H2,(H,19,23)/t9-,10+/m1/s1. The van der Waals surface area contributed by atoms with Gasteiger partial charge in [0.2, 0.25) is 5.91 Å². The Balaban J connectivity index is 1.70. The predicted octanol–water partition coefficient (Wildman–Crippen LogP) is 0.871. The van der Waals surface area contributed by atoms with Crippen LogP contribution >= 0.6 is 0 Å². The number of ether oxygens (including phenoxy) is 1. The maximum absolute atomic E-state index is 12.8. The average molecular weight is 343 g/mol. The molecule has 24 heavy (non-hydrogen) atoms. The first-order chi connectivity index (χ1) is 11.4. The maximum Gasteiger partial charge on any atom is 0.417 e. The first-order valence-electron chi connectivity index (χ1n) is 7.42. The van der Waals surface area contributed by atoms with E-state index in [4.69, 9.17) is 10.5 Å². The van der Waals surface area contributed by atoms with Crippen molar-refractivity contribution < 1.29 is 22.7 Å². The summed E-state index contributed by atoms with van der Waals surface area (Å²) in [5, 5.41) is 10.2. The Morgan fingerprint density at radius 2 is 2.17 bits per heavy atom. The Bertz CT molecular complexity index is 746. The van der Waals surface area contributed by atoms with Gasteiger partial charge in [-0.25, -0.2) is 0 Å². The molecule has 3 rings (SSSR count). The van der Waals surface area contributed by atoms with Gasteiger partial charge in [-0.1, -0.05) is 0 Å². The van der Waals surface area contributed by atoms with Crippen molar-refractivity contribution in [3.8, 4) is 0 Å². The van der Waals surface area contributed by atoms with Crippen molar-refractivity contribution in [3.63, 3.8) is 0 Å². The normalized spacial score (nSPS) is 21.3. The number of nitrogens with one attached hydrogen (secondary N) is 1. The molecule has 3 heterocycles. The number of alkyl halides is 3. The van der Waals surface area contributed by atoms with Crippen molar-refractivity contribution in [1.82, 2.24) is 19.9 Å². The van der Waals surface area contributed by atoms with Crippen molar-refractivity contribution in [3.05, 3.63) is 29.7 Å². The van der Waals surface area contributed by atoms with E-state index in [1.165, 1.54) is 10.5 Å². The molecule has 1 aliphatic rings.